The van der Waals surface area contributed by atoms with Gasteiger partial charge in [0.1, 0.15) is 0 Å². The zero-order valence-electron chi connectivity index (χ0n) is 12.1. The number of benzene rings is 2. The molecule has 0 spiro atoms. The van der Waals surface area contributed by atoms with Gasteiger partial charge in [-0.3, -0.25) is 0 Å². The Labute approximate surface area is 130 Å². The fourth-order valence-corrected chi connectivity index (χ4v) is 2.80. The lowest BCUT2D eigenvalue weighted by molar-refractivity contribution is 0.617. The van der Waals surface area contributed by atoms with E-state index < -0.39 is 0 Å². The molecule has 2 N–H and O–H groups in total. The summed E-state index contributed by atoms with van der Waals surface area (Å²) < 4.78 is 0. The smallest absolute Gasteiger partial charge is 0.0472 e. The van der Waals surface area contributed by atoms with Crippen molar-refractivity contribution in [2.75, 3.05) is 6.54 Å². The highest BCUT2D eigenvalue weighted by atomic mass is 35.5. The fraction of sp³-hybridized carbons (Fsp3) is 0.222. The van der Waals surface area contributed by atoms with E-state index >= 15 is 0 Å². The molecule has 0 aliphatic heterocycles. The average molecular weight is 299 g/mol. The Kier molecular flexibility index (Phi) is 4.28. The first-order valence-electron chi connectivity index (χ1n) is 7.25. The lowest BCUT2D eigenvalue weighted by atomic mass is 10.0. The minimum Gasteiger partial charge on any atom is -0.361 e. The van der Waals surface area contributed by atoms with Crippen LogP contribution in [-0.2, 0) is 6.54 Å². The van der Waals surface area contributed by atoms with Crippen LogP contribution in [0.25, 0.3) is 10.9 Å². The quantitative estimate of drug-likeness (QED) is 0.701. The number of nitrogens with one attached hydrogen (secondary N) is 2. The van der Waals surface area contributed by atoms with Crippen LogP contribution in [0, 0.1) is 0 Å². The van der Waals surface area contributed by atoms with Gasteiger partial charge in [0.05, 0.1) is 0 Å². The third-order valence-electron chi connectivity index (χ3n) is 3.86. The van der Waals surface area contributed by atoms with E-state index in [-0.39, 0.29) is 0 Å². The Hall–Kier alpha value is -1.77. The molecular weight excluding hydrogens is 280 g/mol. The molecule has 21 heavy (non-hydrogen) atoms. The van der Waals surface area contributed by atoms with E-state index in [0.717, 1.165) is 23.6 Å². The Bertz CT molecular complexity index is 718. The second-order valence-electron chi connectivity index (χ2n) is 5.45. The molecule has 2 aromatic carbocycles. The van der Waals surface area contributed by atoms with Gasteiger partial charge in [0.15, 0.2) is 0 Å². The molecule has 2 nitrogen and oxygen atoms in total. The summed E-state index contributed by atoms with van der Waals surface area (Å²) in [6.07, 6.45) is 2.06. The number of aromatic amines is 1. The predicted molar refractivity (Wildman–Crippen MR) is 89.9 cm³/mol. The number of hydrogen-bond acceptors (Lipinski definition) is 1. The Morgan fingerprint density at radius 2 is 1.95 bits per heavy atom. The largest absolute Gasteiger partial charge is 0.361 e. The first-order chi connectivity index (χ1) is 10.2. The first-order valence-corrected chi connectivity index (χ1v) is 7.63. The molecule has 0 radical (unpaired) electrons. The van der Waals surface area contributed by atoms with Gasteiger partial charge in [-0.2, -0.15) is 0 Å². The van der Waals surface area contributed by atoms with Crippen molar-refractivity contribution < 1.29 is 0 Å². The van der Waals surface area contributed by atoms with Gasteiger partial charge >= 0.3 is 0 Å². The van der Waals surface area contributed by atoms with Gasteiger partial charge < -0.3 is 10.3 Å². The second kappa shape index (κ2) is 6.33. The second-order valence-corrected chi connectivity index (χ2v) is 5.88. The molecule has 0 bridgehead atoms. The summed E-state index contributed by atoms with van der Waals surface area (Å²) in [7, 11) is 0. The van der Waals surface area contributed by atoms with Crippen molar-refractivity contribution in [1.82, 2.24) is 10.3 Å². The SMILES string of the molecule is CC(CNCc1c[nH]c2cc(Cl)ccc12)c1ccccc1. The Morgan fingerprint density at radius 3 is 2.76 bits per heavy atom. The van der Waals surface area contributed by atoms with Gasteiger partial charge in [-0.15, -0.1) is 0 Å². The lowest BCUT2D eigenvalue weighted by Gasteiger charge is -2.12. The van der Waals surface area contributed by atoms with Crippen LogP contribution in [0.3, 0.4) is 0 Å². The van der Waals surface area contributed by atoms with E-state index in [9.17, 15) is 0 Å². The molecule has 0 fully saturated rings. The summed E-state index contributed by atoms with van der Waals surface area (Å²) >= 11 is 6.01. The maximum absolute atomic E-state index is 6.01. The summed E-state index contributed by atoms with van der Waals surface area (Å²) in [5.74, 6) is 0.505. The van der Waals surface area contributed by atoms with E-state index in [1.807, 2.05) is 12.1 Å². The standard InChI is InChI=1S/C18H19ClN2/c1-13(14-5-3-2-4-6-14)10-20-11-15-12-21-18-9-16(19)7-8-17(15)18/h2-9,12-13,20-21H,10-11H2,1H3. The summed E-state index contributed by atoms with van der Waals surface area (Å²) in [5.41, 5.74) is 3.74. The van der Waals surface area contributed by atoms with Crippen molar-refractivity contribution in [2.24, 2.45) is 0 Å². The molecule has 0 aliphatic carbocycles. The highest BCUT2D eigenvalue weighted by Crippen LogP contribution is 2.22. The van der Waals surface area contributed by atoms with E-state index in [1.165, 1.54) is 16.5 Å². The van der Waals surface area contributed by atoms with Crippen molar-refractivity contribution in [3.8, 4) is 0 Å². The minimum absolute atomic E-state index is 0.505. The molecule has 0 saturated carbocycles. The highest BCUT2D eigenvalue weighted by molar-refractivity contribution is 6.31. The van der Waals surface area contributed by atoms with Crippen LogP contribution in [0.1, 0.15) is 24.0 Å². The van der Waals surface area contributed by atoms with Crippen LogP contribution in [-0.4, -0.2) is 11.5 Å². The number of fused-ring (bicyclic) bond motifs is 1. The normalized spacial score (nSPS) is 12.7. The van der Waals surface area contributed by atoms with Gasteiger partial charge in [-0.1, -0.05) is 54.9 Å². The number of halogens is 1. The van der Waals surface area contributed by atoms with Crippen LogP contribution in [0.5, 0.6) is 0 Å². The molecular formula is C18H19ClN2. The first kappa shape index (κ1) is 14.2. The molecule has 3 aromatic rings. The molecule has 0 saturated heterocycles. The van der Waals surface area contributed by atoms with Gasteiger partial charge in [0.2, 0.25) is 0 Å². The van der Waals surface area contributed by atoms with Gasteiger partial charge in [0, 0.05) is 35.2 Å². The summed E-state index contributed by atoms with van der Waals surface area (Å²) in [5, 5.41) is 5.54. The topological polar surface area (TPSA) is 27.8 Å². The van der Waals surface area contributed by atoms with Crippen LogP contribution in [0.4, 0.5) is 0 Å². The van der Waals surface area contributed by atoms with Crippen LogP contribution in [0.15, 0.2) is 54.7 Å². The highest BCUT2D eigenvalue weighted by Gasteiger charge is 2.06. The molecule has 3 heteroatoms. The van der Waals surface area contributed by atoms with Crippen molar-refractivity contribution >= 4 is 22.5 Å². The predicted octanol–water partition coefficient (Wildman–Crippen LogP) is 4.71. The van der Waals surface area contributed by atoms with Crippen molar-refractivity contribution in [3.05, 3.63) is 70.9 Å². The lowest BCUT2D eigenvalue weighted by Crippen LogP contribution is -2.19. The van der Waals surface area contributed by atoms with E-state index in [2.05, 4.69) is 59.8 Å². The number of rotatable bonds is 5. The maximum Gasteiger partial charge on any atom is 0.0472 e. The molecule has 108 valence electrons. The number of hydrogen-bond donors (Lipinski definition) is 2. The monoisotopic (exact) mass is 298 g/mol. The number of aromatic nitrogens is 1. The molecule has 0 aliphatic rings. The molecule has 0 amide bonds. The third kappa shape index (κ3) is 3.29. The molecule has 1 atom stereocenters. The Morgan fingerprint density at radius 1 is 1.14 bits per heavy atom. The van der Waals surface area contributed by atoms with Gasteiger partial charge in [-0.05, 0) is 29.2 Å². The summed E-state index contributed by atoms with van der Waals surface area (Å²) in [6.45, 7) is 4.07. The van der Waals surface area contributed by atoms with Crippen LogP contribution >= 0.6 is 11.6 Å². The molecule has 1 unspecified atom stereocenters. The minimum atomic E-state index is 0.505. The van der Waals surface area contributed by atoms with E-state index in [4.69, 9.17) is 11.6 Å². The molecule has 1 heterocycles. The molecule has 3 rings (SSSR count). The van der Waals surface area contributed by atoms with Crippen molar-refractivity contribution in [3.63, 3.8) is 0 Å². The van der Waals surface area contributed by atoms with Gasteiger partial charge in [0.25, 0.3) is 0 Å². The van der Waals surface area contributed by atoms with Crippen LogP contribution in [0.2, 0.25) is 5.02 Å². The molecule has 1 aromatic heterocycles. The summed E-state index contributed by atoms with van der Waals surface area (Å²) in [6, 6.07) is 16.6. The van der Waals surface area contributed by atoms with Crippen LogP contribution < -0.4 is 5.32 Å². The van der Waals surface area contributed by atoms with Crippen molar-refractivity contribution in [2.45, 2.75) is 19.4 Å². The van der Waals surface area contributed by atoms with Crippen molar-refractivity contribution in [1.29, 1.82) is 0 Å². The zero-order valence-corrected chi connectivity index (χ0v) is 12.8. The van der Waals surface area contributed by atoms with E-state index in [0.29, 0.717) is 5.92 Å². The average Bonchev–Trinajstić information content (AvgIpc) is 2.90. The van der Waals surface area contributed by atoms with Gasteiger partial charge in [-0.25, -0.2) is 0 Å². The van der Waals surface area contributed by atoms with E-state index in [1.54, 1.807) is 0 Å². The Balaban J connectivity index is 1.62. The third-order valence-corrected chi connectivity index (χ3v) is 4.10. The summed E-state index contributed by atoms with van der Waals surface area (Å²) in [4.78, 5) is 3.27. The zero-order chi connectivity index (χ0) is 14.7. The number of H-pyrrole nitrogens is 1. The fourth-order valence-electron chi connectivity index (χ4n) is 2.63. The maximum atomic E-state index is 6.01.